The van der Waals surface area contributed by atoms with Crippen molar-refractivity contribution in [2.75, 3.05) is 39.3 Å². The minimum absolute atomic E-state index is 0. The molecule has 3 aliphatic heterocycles. The number of halogens is 2. The highest BCUT2D eigenvalue weighted by atomic mass is 35.5. The van der Waals surface area contributed by atoms with Gasteiger partial charge in [0.1, 0.15) is 0 Å². The Hall–Kier alpha value is -0.0300. The lowest BCUT2D eigenvalue weighted by atomic mass is 10.0. The zero-order valence-electron chi connectivity index (χ0n) is 14.2. The molecule has 0 radical (unpaired) electrons. The fourth-order valence-corrected chi connectivity index (χ4v) is 4.25. The van der Waals surface area contributed by atoms with Crippen molar-refractivity contribution in [3.63, 3.8) is 0 Å². The first-order chi connectivity index (χ1) is 10.3. The Kier molecular flexibility index (Phi) is 9.83. The second kappa shape index (κ2) is 10.8. The Morgan fingerprint density at radius 3 is 2.43 bits per heavy atom. The molecule has 23 heavy (non-hydrogen) atoms. The molecule has 136 valence electrons. The summed E-state index contributed by atoms with van der Waals surface area (Å²) in [4.78, 5) is 17.2. The van der Waals surface area contributed by atoms with E-state index in [4.69, 9.17) is 0 Å². The summed E-state index contributed by atoms with van der Waals surface area (Å²) in [5.74, 6) is 1.14. The van der Waals surface area contributed by atoms with Gasteiger partial charge in [-0.25, -0.2) is 0 Å². The highest BCUT2D eigenvalue weighted by molar-refractivity contribution is 5.85. The summed E-state index contributed by atoms with van der Waals surface area (Å²) < 4.78 is 0. The van der Waals surface area contributed by atoms with Crippen molar-refractivity contribution in [2.24, 2.45) is 5.92 Å². The SMILES string of the molecule is Cl.Cl.O=C(CCC1CCNC1)N1CCCC(N2CCCC2)CC1. The summed E-state index contributed by atoms with van der Waals surface area (Å²) >= 11 is 0. The highest BCUT2D eigenvalue weighted by Gasteiger charge is 2.26. The number of rotatable bonds is 4. The van der Waals surface area contributed by atoms with Crippen molar-refractivity contribution in [1.29, 1.82) is 0 Å². The number of carbonyl (C=O) groups is 1. The summed E-state index contributed by atoms with van der Waals surface area (Å²) in [5.41, 5.74) is 0. The Bertz CT molecular complexity index is 345. The topological polar surface area (TPSA) is 35.6 Å². The first-order valence-corrected chi connectivity index (χ1v) is 9.05. The fourth-order valence-electron chi connectivity index (χ4n) is 4.25. The van der Waals surface area contributed by atoms with Crippen molar-refractivity contribution in [1.82, 2.24) is 15.1 Å². The summed E-state index contributed by atoms with van der Waals surface area (Å²) in [6, 6.07) is 0.740. The van der Waals surface area contributed by atoms with E-state index in [0.717, 1.165) is 51.0 Å². The maximum absolute atomic E-state index is 12.4. The van der Waals surface area contributed by atoms with E-state index in [9.17, 15) is 4.79 Å². The van der Waals surface area contributed by atoms with Gasteiger partial charge >= 0.3 is 0 Å². The number of nitrogens with one attached hydrogen (secondary N) is 1. The Balaban J connectivity index is 0.00000132. The van der Waals surface area contributed by atoms with Gasteiger partial charge in [-0.2, -0.15) is 0 Å². The zero-order valence-corrected chi connectivity index (χ0v) is 15.8. The Morgan fingerprint density at radius 1 is 0.957 bits per heavy atom. The maximum Gasteiger partial charge on any atom is 0.222 e. The van der Waals surface area contributed by atoms with E-state index >= 15 is 0 Å². The molecule has 0 aromatic rings. The minimum atomic E-state index is 0. The van der Waals surface area contributed by atoms with Gasteiger partial charge in [0.05, 0.1) is 0 Å². The van der Waals surface area contributed by atoms with Crippen LogP contribution in [-0.2, 0) is 4.79 Å². The van der Waals surface area contributed by atoms with Crippen LogP contribution in [0.25, 0.3) is 0 Å². The summed E-state index contributed by atoms with van der Waals surface area (Å²) in [6.45, 7) is 6.81. The predicted molar refractivity (Wildman–Crippen MR) is 99.7 cm³/mol. The predicted octanol–water partition coefficient (Wildman–Crippen LogP) is 2.70. The van der Waals surface area contributed by atoms with Gasteiger partial charge in [0.2, 0.25) is 5.91 Å². The summed E-state index contributed by atoms with van der Waals surface area (Å²) in [5, 5.41) is 3.39. The van der Waals surface area contributed by atoms with Gasteiger partial charge in [0, 0.05) is 25.6 Å². The van der Waals surface area contributed by atoms with E-state index in [1.54, 1.807) is 0 Å². The quantitative estimate of drug-likeness (QED) is 0.831. The molecule has 3 saturated heterocycles. The molecule has 3 rings (SSSR count). The van der Waals surface area contributed by atoms with Crippen molar-refractivity contribution in [2.45, 2.75) is 57.4 Å². The third kappa shape index (κ3) is 6.08. The van der Waals surface area contributed by atoms with Crippen molar-refractivity contribution < 1.29 is 4.79 Å². The van der Waals surface area contributed by atoms with Crippen LogP contribution in [0.15, 0.2) is 0 Å². The molecule has 6 heteroatoms. The van der Waals surface area contributed by atoms with Gasteiger partial charge in [0.25, 0.3) is 0 Å². The zero-order chi connectivity index (χ0) is 14.5. The molecule has 2 unspecified atom stereocenters. The molecule has 0 aromatic carbocycles. The molecule has 0 bridgehead atoms. The second-order valence-corrected chi connectivity index (χ2v) is 7.11. The molecule has 3 heterocycles. The van der Waals surface area contributed by atoms with Crippen molar-refractivity contribution in [3.8, 4) is 0 Å². The first-order valence-electron chi connectivity index (χ1n) is 9.05. The van der Waals surface area contributed by atoms with Crippen LogP contribution in [0.2, 0.25) is 0 Å². The monoisotopic (exact) mass is 365 g/mol. The minimum Gasteiger partial charge on any atom is -0.343 e. The van der Waals surface area contributed by atoms with Crippen LogP contribution in [0.5, 0.6) is 0 Å². The van der Waals surface area contributed by atoms with Gasteiger partial charge < -0.3 is 15.1 Å². The standard InChI is InChI=1S/C17H31N3O.2ClH/c21-17(6-5-15-7-9-18-14-15)20-12-3-4-16(8-13-20)19-10-1-2-11-19;;/h15-16,18H,1-14H2;2*1H. The number of hydrogen-bond donors (Lipinski definition) is 1. The molecule has 0 saturated carbocycles. The molecule has 1 N–H and O–H groups in total. The van der Waals surface area contributed by atoms with Crippen molar-refractivity contribution in [3.05, 3.63) is 0 Å². The van der Waals surface area contributed by atoms with E-state index in [1.165, 1.54) is 51.6 Å². The number of hydrogen-bond acceptors (Lipinski definition) is 3. The van der Waals surface area contributed by atoms with Crippen LogP contribution in [0.4, 0.5) is 0 Å². The van der Waals surface area contributed by atoms with E-state index in [-0.39, 0.29) is 24.8 Å². The lowest BCUT2D eigenvalue weighted by molar-refractivity contribution is -0.131. The van der Waals surface area contributed by atoms with Gasteiger partial charge in [-0.15, -0.1) is 24.8 Å². The lowest BCUT2D eigenvalue weighted by Crippen LogP contribution is -2.35. The first kappa shape index (κ1) is 21.0. The van der Waals surface area contributed by atoms with Crippen LogP contribution in [0.1, 0.15) is 51.4 Å². The molecule has 0 aromatic heterocycles. The molecule has 4 nitrogen and oxygen atoms in total. The Labute approximate surface area is 153 Å². The van der Waals surface area contributed by atoms with Gasteiger partial charge in [-0.3, -0.25) is 4.79 Å². The largest absolute Gasteiger partial charge is 0.343 e. The molecule has 3 aliphatic rings. The Morgan fingerprint density at radius 2 is 1.74 bits per heavy atom. The van der Waals surface area contributed by atoms with Gasteiger partial charge in [-0.1, -0.05) is 0 Å². The second-order valence-electron chi connectivity index (χ2n) is 7.11. The van der Waals surface area contributed by atoms with Crippen LogP contribution in [0.3, 0.4) is 0 Å². The van der Waals surface area contributed by atoms with E-state index < -0.39 is 0 Å². The molecule has 1 amide bonds. The normalized spacial score (nSPS) is 28.8. The molecule has 0 aliphatic carbocycles. The fraction of sp³-hybridized carbons (Fsp3) is 0.941. The van der Waals surface area contributed by atoms with Gasteiger partial charge in [-0.05, 0) is 77.0 Å². The van der Waals surface area contributed by atoms with Crippen LogP contribution < -0.4 is 5.32 Å². The van der Waals surface area contributed by atoms with E-state index in [1.807, 2.05) is 0 Å². The molecule has 2 atom stereocenters. The van der Waals surface area contributed by atoms with Crippen LogP contribution in [-0.4, -0.2) is 61.0 Å². The molecule has 3 fully saturated rings. The number of likely N-dealkylation sites (tertiary alicyclic amines) is 2. The molecular formula is C17H33Cl2N3O. The number of amides is 1. The summed E-state index contributed by atoms with van der Waals surface area (Å²) in [7, 11) is 0. The molecular weight excluding hydrogens is 333 g/mol. The average molecular weight is 366 g/mol. The van der Waals surface area contributed by atoms with Crippen LogP contribution >= 0.6 is 24.8 Å². The summed E-state index contributed by atoms with van der Waals surface area (Å²) in [6.07, 6.45) is 9.51. The van der Waals surface area contributed by atoms with Crippen molar-refractivity contribution >= 4 is 30.7 Å². The smallest absolute Gasteiger partial charge is 0.222 e. The third-order valence-electron chi connectivity index (χ3n) is 5.64. The van der Waals surface area contributed by atoms with Crippen LogP contribution in [0, 0.1) is 5.92 Å². The van der Waals surface area contributed by atoms with E-state index in [0.29, 0.717) is 5.91 Å². The molecule has 0 spiro atoms. The highest BCUT2D eigenvalue weighted by Crippen LogP contribution is 2.22. The number of nitrogens with zero attached hydrogens (tertiary/aromatic N) is 2. The number of carbonyl (C=O) groups excluding carboxylic acids is 1. The lowest BCUT2D eigenvalue weighted by Gasteiger charge is -2.26. The third-order valence-corrected chi connectivity index (χ3v) is 5.64. The van der Waals surface area contributed by atoms with Gasteiger partial charge in [0.15, 0.2) is 0 Å². The maximum atomic E-state index is 12.4. The average Bonchev–Trinajstić information content (AvgIpc) is 3.15. The van der Waals surface area contributed by atoms with E-state index in [2.05, 4.69) is 15.1 Å².